The van der Waals surface area contributed by atoms with Crippen LogP contribution in [-0.2, 0) is 32.6 Å². The largest absolute Gasteiger partial charge is 0.352 e. The number of halogens is 1. The lowest BCUT2D eigenvalue weighted by Gasteiger charge is -2.33. The maximum absolute atomic E-state index is 14.0. The molecule has 42 heavy (non-hydrogen) atoms. The molecule has 0 unspecified atom stereocenters. The van der Waals surface area contributed by atoms with E-state index in [0.29, 0.717) is 23.6 Å². The summed E-state index contributed by atoms with van der Waals surface area (Å²) in [5.74, 6) is -0.340. The zero-order valence-electron chi connectivity index (χ0n) is 24.3. The van der Waals surface area contributed by atoms with Crippen molar-refractivity contribution in [3.05, 3.63) is 101 Å². The fourth-order valence-corrected chi connectivity index (χ4v) is 6.51. The number of sulfonamides is 1. The number of rotatable bonds is 13. The van der Waals surface area contributed by atoms with Crippen LogP contribution in [0.25, 0.3) is 0 Å². The second-order valence-electron chi connectivity index (χ2n) is 11.1. The molecule has 1 N–H and O–H groups in total. The van der Waals surface area contributed by atoms with Gasteiger partial charge in [0.1, 0.15) is 6.04 Å². The third-order valence-electron chi connectivity index (χ3n) is 7.71. The Kier molecular flexibility index (Phi) is 11.0. The van der Waals surface area contributed by atoms with Crippen LogP contribution in [0.5, 0.6) is 0 Å². The predicted octanol–water partition coefficient (Wildman–Crippen LogP) is 5.89. The van der Waals surface area contributed by atoms with Crippen LogP contribution >= 0.6 is 11.6 Å². The van der Waals surface area contributed by atoms with E-state index in [1.807, 2.05) is 61.5 Å². The number of aryl methyl sites for hydroxylation is 1. The minimum absolute atomic E-state index is 0.0907. The fraction of sp³-hybridized carbons (Fsp3) is 0.394. The first-order valence-corrected chi connectivity index (χ1v) is 16.8. The third-order valence-corrected chi connectivity index (χ3v) is 9.16. The molecular formula is C33H40ClN3O4S. The Morgan fingerprint density at radius 1 is 0.929 bits per heavy atom. The molecule has 0 radical (unpaired) electrons. The van der Waals surface area contributed by atoms with Crippen LogP contribution in [0.2, 0.25) is 5.02 Å². The molecule has 1 saturated carbocycles. The molecular weight excluding hydrogens is 570 g/mol. The molecule has 0 spiro atoms. The highest BCUT2D eigenvalue weighted by Gasteiger charge is 2.32. The molecule has 7 nitrogen and oxygen atoms in total. The number of nitrogens with zero attached hydrogens (tertiary/aromatic N) is 2. The summed E-state index contributed by atoms with van der Waals surface area (Å²) in [5.41, 5.74) is 3.50. The fourth-order valence-electron chi connectivity index (χ4n) is 5.42. The minimum Gasteiger partial charge on any atom is -0.352 e. The van der Waals surface area contributed by atoms with Crippen LogP contribution in [0.4, 0.5) is 5.69 Å². The van der Waals surface area contributed by atoms with E-state index in [0.717, 1.165) is 48.6 Å². The molecule has 1 atom stereocenters. The summed E-state index contributed by atoms with van der Waals surface area (Å²) in [6.45, 7) is 2.41. The van der Waals surface area contributed by atoms with Gasteiger partial charge in [-0.05, 0) is 61.6 Å². The first kappa shape index (κ1) is 31.6. The van der Waals surface area contributed by atoms with E-state index in [1.165, 1.54) is 4.31 Å². The number of benzene rings is 3. The zero-order valence-corrected chi connectivity index (χ0v) is 25.9. The number of hydrogen-bond acceptors (Lipinski definition) is 4. The van der Waals surface area contributed by atoms with Crippen LogP contribution in [0.3, 0.4) is 0 Å². The Hall–Kier alpha value is -3.36. The van der Waals surface area contributed by atoms with E-state index in [1.54, 1.807) is 29.2 Å². The van der Waals surface area contributed by atoms with Gasteiger partial charge >= 0.3 is 0 Å². The van der Waals surface area contributed by atoms with E-state index >= 15 is 0 Å². The van der Waals surface area contributed by atoms with Gasteiger partial charge < -0.3 is 10.2 Å². The first-order chi connectivity index (χ1) is 20.1. The lowest BCUT2D eigenvalue weighted by Crippen LogP contribution is -2.52. The van der Waals surface area contributed by atoms with Gasteiger partial charge in [0.05, 0.1) is 11.9 Å². The van der Waals surface area contributed by atoms with Crippen molar-refractivity contribution in [3.8, 4) is 0 Å². The van der Waals surface area contributed by atoms with Crippen molar-refractivity contribution in [2.24, 2.45) is 0 Å². The Morgan fingerprint density at radius 3 is 2.19 bits per heavy atom. The molecule has 0 aromatic heterocycles. The van der Waals surface area contributed by atoms with Crippen molar-refractivity contribution in [1.29, 1.82) is 0 Å². The van der Waals surface area contributed by atoms with Crippen molar-refractivity contribution in [2.45, 2.75) is 70.5 Å². The van der Waals surface area contributed by atoms with Crippen LogP contribution in [0.15, 0.2) is 78.9 Å². The summed E-state index contributed by atoms with van der Waals surface area (Å²) in [5, 5.41) is 3.73. The standard InChI is InChI=1S/C33H40ClN3O4S/c1-25-14-16-27(17-15-25)24-36(31(23-26-9-4-3-5-10-26)33(39)35-29-11-6-7-12-29)32(38)13-8-22-37(42(2,40)41)30-20-18-28(34)19-21-30/h3-5,9-10,14-21,29,31H,6-8,11-13,22-24H2,1-2H3,(H,35,39)/t31-/m1/s1. The Labute approximate surface area is 254 Å². The third kappa shape index (κ3) is 9.07. The van der Waals surface area contributed by atoms with Gasteiger partial charge in [0, 0.05) is 37.0 Å². The summed E-state index contributed by atoms with van der Waals surface area (Å²) in [6.07, 6.45) is 5.99. The maximum Gasteiger partial charge on any atom is 0.243 e. The molecule has 0 bridgehead atoms. The van der Waals surface area contributed by atoms with Crippen molar-refractivity contribution in [2.75, 3.05) is 17.1 Å². The average Bonchev–Trinajstić information content (AvgIpc) is 3.47. The molecule has 0 heterocycles. The first-order valence-electron chi connectivity index (χ1n) is 14.5. The summed E-state index contributed by atoms with van der Waals surface area (Å²) < 4.78 is 26.5. The average molecular weight is 610 g/mol. The Balaban J connectivity index is 1.57. The minimum atomic E-state index is -3.58. The number of anilines is 1. The summed E-state index contributed by atoms with van der Waals surface area (Å²) >= 11 is 6.00. The number of carbonyl (C=O) groups excluding carboxylic acids is 2. The highest BCUT2D eigenvalue weighted by atomic mass is 35.5. The van der Waals surface area contributed by atoms with Gasteiger partial charge in [-0.1, -0.05) is 84.6 Å². The lowest BCUT2D eigenvalue weighted by molar-refractivity contribution is -0.141. The highest BCUT2D eigenvalue weighted by Crippen LogP contribution is 2.23. The molecule has 0 saturated heterocycles. The van der Waals surface area contributed by atoms with Gasteiger partial charge in [0.2, 0.25) is 21.8 Å². The van der Waals surface area contributed by atoms with Crippen molar-refractivity contribution in [1.82, 2.24) is 10.2 Å². The van der Waals surface area contributed by atoms with E-state index in [9.17, 15) is 18.0 Å². The number of carbonyl (C=O) groups is 2. The molecule has 224 valence electrons. The zero-order chi connectivity index (χ0) is 30.1. The van der Waals surface area contributed by atoms with E-state index < -0.39 is 16.1 Å². The predicted molar refractivity (Wildman–Crippen MR) is 169 cm³/mol. The normalized spacial score (nSPS) is 14.4. The number of nitrogens with one attached hydrogen (secondary N) is 1. The Morgan fingerprint density at radius 2 is 1.57 bits per heavy atom. The molecule has 9 heteroatoms. The van der Waals surface area contributed by atoms with Crippen molar-refractivity contribution < 1.29 is 18.0 Å². The van der Waals surface area contributed by atoms with Gasteiger partial charge in [-0.25, -0.2) is 8.42 Å². The lowest BCUT2D eigenvalue weighted by atomic mass is 10.0. The van der Waals surface area contributed by atoms with Crippen molar-refractivity contribution >= 4 is 39.1 Å². The molecule has 0 aliphatic heterocycles. The van der Waals surface area contributed by atoms with E-state index in [2.05, 4.69) is 5.32 Å². The summed E-state index contributed by atoms with van der Waals surface area (Å²) in [6, 6.07) is 23.7. The highest BCUT2D eigenvalue weighted by molar-refractivity contribution is 7.92. The molecule has 4 rings (SSSR count). The number of amides is 2. The monoisotopic (exact) mass is 609 g/mol. The Bertz CT molecular complexity index is 1420. The van der Waals surface area contributed by atoms with E-state index in [4.69, 9.17) is 11.6 Å². The second-order valence-corrected chi connectivity index (χ2v) is 13.5. The number of hydrogen-bond donors (Lipinski definition) is 1. The molecule has 1 aliphatic carbocycles. The molecule has 3 aromatic carbocycles. The van der Waals surface area contributed by atoms with Crippen LogP contribution in [0.1, 0.15) is 55.2 Å². The molecule has 1 fully saturated rings. The van der Waals surface area contributed by atoms with E-state index in [-0.39, 0.29) is 37.4 Å². The summed E-state index contributed by atoms with van der Waals surface area (Å²) in [4.78, 5) is 29.5. The van der Waals surface area contributed by atoms with Crippen LogP contribution in [-0.4, -0.2) is 50.0 Å². The van der Waals surface area contributed by atoms with Crippen LogP contribution < -0.4 is 9.62 Å². The van der Waals surface area contributed by atoms with Crippen molar-refractivity contribution in [3.63, 3.8) is 0 Å². The van der Waals surface area contributed by atoms with Gasteiger partial charge in [-0.3, -0.25) is 13.9 Å². The SMILES string of the molecule is Cc1ccc(CN(C(=O)CCCN(c2ccc(Cl)cc2)S(C)(=O)=O)[C@H](Cc2ccccc2)C(=O)NC2CCCC2)cc1. The van der Waals surface area contributed by atoms with Gasteiger partial charge in [-0.2, -0.15) is 0 Å². The quantitative estimate of drug-likeness (QED) is 0.262. The van der Waals surface area contributed by atoms with Gasteiger partial charge in [0.25, 0.3) is 0 Å². The van der Waals surface area contributed by atoms with Gasteiger partial charge in [0.15, 0.2) is 0 Å². The molecule has 3 aromatic rings. The van der Waals surface area contributed by atoms with Crippen LogP contribution in [0, 0.1) is 6.92 Å². The van der Waals surface area contributed by atoms with Gasteiger partial charge in [-0.15, -0.1) is 0 Å². The maximum atomic E-state index is 14.0. The molecule has 2 amide bonds. The second kappa shape index (κ2) is 14.7. The summed E-state index contributed by atoms with van der Waals surface area (Å²) in [7, 11) is -3.58. The smallest absolute Gasteiger partial charge is 0.243 e. The molecule has 1 aliphatic rings. The topological polar surface area (TPSA) is 86.8 Å².